The summed E-state index contributed by atoms with van der Waals surface area (Å²) in [5, 5.41) is 8.71. The smallest absolute Gasteiger partial charge is 0.208 e. The first-order valence-corrected chi connectivity index (χ1v) is 6.87. The van der Waals surface area contributed by atoms with Gasteiger partial charge in [0, 0.05) is 6.20 Å². The van der Waals surface area contributed by atoms with Crippen LogP contribution in [0.4, 0.5) is 4.39 Å². The molecule has 2 rings (SSSR count). The van der Waals surface area contributed by atoms with E-state index >= 15 is 0 Å². The van der Waals surface area contributed by atoms with E-state index in [9.17, 15) is 12.8 Å². The Morgan fingerprint density at radius 1 is 1.26 bits per heavy atom. The summed E-state index contributed by atoms with van der Waals surface area (Å²) >= 11 is 5.63. The van der Waals surface area contributed by atoms with Gasteiger partial charge in [-0.2, -0.15) is 5.26 Å². The number of halogens is 2. The molecule has 0 aliphatic carbocycles. The van der Waals surface area contributed by atoms with Gasteiger partial charge in [0.2, 0.25) is 9.84 Å². The number of pyridine rings is 1. The highest BCUT2D eigenvalue weighted by molar-refractivity contribution is 7.91. The van der Waals surface area contributed by atoms with E-state index < -0.39 is 15.7 Å². The summed E-state index contributed by atoms with van der Waals surface area (Å²) in [5.74, 6) is -0.663. The first-order valence-electron chi connectivity index (χ1n) is 5.01. The molecule has 4 nitrogen and oxygen atoms in total. The van der Waals surface area contributed by atoms with Crippen molar-refractivity contribution in [3.63, 3.8) is 0 Å². The number of nitrogens with zero attached hydrogens (tertiary/aromatic N) is 2. The van der Waals surface area contributed by atoms with Gasteiger partial charge in [0.05, 0.1) is 15.4 Å². The first-order chi connectivity index (χ1) is 8.95. The molecular weight excluding hydrogens is 291 g/mol. The van der Waals surface area contributed by atoms with Crippen LogP contribution in [-0.2, 0) is 9.84 Å². The Bertz CT molecular complexity index is 785. The maximum absolute atomic E-state index is 13.1. The quantitative estimate of drug-likeness (QED) is 0.799. The van der Waals surface area contributed by atoms with E-state index in [0.29, 0.717) is 0 Å². The van der Waals surface area contributed by atoms with Crippen molar-refractivity contribution >= 4 is 21.4 Å². The molecule has 1 aromatic carbocycles. The van der Waals surface area contributed by atoms with Gasteiger partial charge in [-0.15, -0.1) is 0 Å². The Morgan fingerprint density at radius 3 is 2.63 bits per heavy atom. The fourth-order valence-corrected chi connectivity index (χ4v) is 2.83. The fraction of sp³-hybridized carbons (Fsp3) is 0. The molecule has 0 saturated carbocycles. The standard InChI is InChI=1S/C12H6ClFN2O2S/c13-12-8(6-15)4-11(7-16-12)19(17,18)10-3-1-2-9(14)5-10/h1-5,7H. The van der Waals surface area contributed by atoms with Crippen LogP contribution in [0.2, 0.25) is 5.15 Å². The van der Waals surface area contributed by atoms with Crippen molar-refractivity contribution in [2.24, 2.45) is 0 Å². The SMILES string of the molecule is N#Cc1cc(S(=O)(=O)c2cccc(F)c2)cnc1Cl. The lowest BCUT2D eigenvalue weighted by molar-refractivity contribution is 0.590. The molecular formula is C12H6ClFN2O2S. The van der Waals surface area contributed by atoms with Gasteiger partial charge >= 0.3 is 0 Å². The Kier molecular flexibility index (Phi) is 3.51. The minimum atomic E-state index is -3.92. The van der Waals surface area contributed by atoms with Crippen molar-refractivity contribution in [3.05, 3.63) is 53.1 Å². The summed E-state index contributed by atoms with van der Waals surface area (Å²) in [7, 11) is -3.92. The third-order valence-corrected chi connectivity index (χ3v) is 4.37. The summed E-state index contributed by atoms with van der Waals surface area (Å²) in [4.78, 5) is 3.22. The summed E-state index contributed by atoms with van der Waals surface area (Å²) in [6.45, 7) is 0. The molecule has 0 amide bonds. The van der Waals surface area contributed by atoms with Crippen LogP contribution in [0.25, 0.3) is 0 Å². The number of hydrogen-bond acceptors (Lipinski definition) is 4. The Balaban J connectivity index is 2.61. The van der Waals surface area contributed by atoms with Gasteiger partial charge in [0.15, 0.2) is 0 Å². The van der Waals surface area contributed by atoms with E-state index in [2.05, 4.69) is 4.98 Å². The van der Waals surface area contributed by atoms with E-state index in [-0.39, 0.29) is 20.5 Å². The van der Waals surface area contributed by atoms with Crippen molar-refractivity contribution in [1.29, 1.82) is 5.26 Å². The third kappa shape index (κ3) is 2.57. The Morgan fingerprint density at radius 2 is 2.00 bits per heavy atom. The Hall–Kier alpha value is -1.97. The van der Waals surface area contributed by atoms with Crippen molar-refractivity contribution < 1.29 is 12.8 Å². The number of rotatable bonds is 2. The molecule has 0 aliphatic rings. The van der Waals surface area contributed by atoms with E-state index in [4.69, 9.17) is 16.9 Å². The summed E-state index contributed by atoms with van der Waals surface area (Å²) in [6, 6.07) is 7.43. The normalized spacial score (nSPS) is 11.0. The van der Waals surface area contributed by atoms with E-state index in [0.717, 1.165) is 24.4 Å². The van der Waals surface area contributed by atoms with Crippen molar-refractivity contribution in [2.45, 2.75) is 9.79 Å². The second kappa shape index (κ2) is 4.96. The number of sulfone groups is 1. The van der Waals surface area contributed by atoms with Gasteiger partial charge < -0.3 is 0 Å². The molecule has 0 aliphatic heterocycles. The minimum Gasteiger partial charge on any atom is -0.242 e. The highest BCUT2D eigenvalue weighted by Gasteiger charge is 2.20. The van der Waals surface area contributed by atoms with Crippen LogP contribution in [0.15, 0.2) is 46.3 Å². The zero-order valence-corrected chi connectivity index (χ0v) is 10.9. The van der Waals surface area contributed by atoms with Crippen LogP contribution in [0.3, 0.4) is 0 Å². The van der Waals surface area contributed by atoms with Gasteiger partial charge in [-0.3, -0.25) is 0 Å². The molecule has 0 fully saturated rings. The molecule has 0 atom stereocenters. The third-order valence-electron chi connectivity index (χ3n) is 2.35. The van der Waals surface area contributed by atoms with Crippen LogP contribution in [0.5, 0.6) is 0 Å². The number of nitriles is 1. The van der Waals surface area contributed by atoms with Crippen molar-refractivity contribution in [2.75, 3.05) is 0 Å². The summed E-state index contributed by atoms with van der Waals surface area (Å²) in [5.41, 5.74) is -0.0563. The minimum absolute atomic E-state index is 0.0563. The molecule has 0 saturated heterocycles. The molecule has 2 aromatic rings. The number of benzene rings is 1. The van der Waals surface area contributed by atoms with Gasteiger partial charge in [0.25, 0.3) is 0 Å². The lowest BCUT2D eigenvalue weighted by Gasteiger charge is -2.05. The maximum Gasteiger partial charge on any atom is 0.208 e. The summed E-state index contributed by atoms with van der Waals surface area (Å²) < 4.78 is 37.5. The lowest BCUT2D eigenvalue weighted by Crippen LogP contribution is -2.03. The molecule has 0 unspecified atom stereocenters. The van der Waals surface area contributed by atoms with Crippen LogP contribution in [0, 0.1) is 17.1 Å². The molecule has 0 spiro atoms. The molecule has 0 radical (unpaired) electrons. The van der Waals surface area contributed by atoms with Crippen LogP contribution < -0.4 is 0 Å². The highest BCUT2D eigenvalue weighted by atomic mass is 35.5. The van der Waals surface area contributed by atoms with Crippen LogP contribution >= 0.6 is 11.6 Å². The van der Waals surface area contributed by atoms with Crippen molar-refractivity contribution in [3.8, 4) is 6.07 Å². The molecule has 1 heterocycles. The molecule has 19 heavy (non-hydrogen) atoms. The van der Waals surface area contributed by atoms with E-state index in [1.54, 1.807) is 6.07 Å². The maximum atomic E-state index is 13.1. The number of aromatic nitrogens is 1. The molecule has 1 aromatic heterocycles. The second-order valence-electron chi connectivity index (χ2n) is 3.58. The van der Waals surface area contributed by atoms with E-state index in [1.807, 2.05) is 0 Å². The van der Waals surface area contributed by atoms with Gasteiger partial charge in [-0.05, 0) is 24.3 Å². The van der Waals surface area contributed by atoms with Gasteiger partial charge in [0.1, 0.15) is 17.0 Å². The molecule has 0 N–H and O–H groups in total. The average molecular weight is 297 g/mol. The highest BCUT2D eigenvalue weighted by Crippen LogP contribution is 2.23. The number of hydrogen-bond donors (Lipinski definition) is 0. The van der Waals surface area contributed by atoms with Crippen LogP contribution in [-0.4, -0.2) is 13.4 Å². The predicted molar refractivity (Wildman–Crippen MR) is 65.8 cm³/mol. The molecule has 96 valence electrons. The van der Waals surface area contributed by atoms with Crippen molar-refractivity contribution in [1.82, 2.24) is 4.98 Å². The zero-order chi connectivity index (χ0) is 14.0. The second-order valence-corrected chi connectivity index (χ2v) is 5.89. The zero-order valence-electron chi connectivity index (χ0n) is 9.34. The predicted octanol–water partition coefficient (Wildman–Crippen LogP) is 2.58. The largest absolute Gasteiger partial charge is 0.242 e. The molecule has 0 bridgehead atoms. The van der Waals surface area contributed by atoms with Crippen LogP contribution in [0.1, 0.15) is 5.56 Å². The van der Waals surface area contributed by atoms with E-state index in [1.165, 1.54) is 12.1 Å². The topological polar surface area (TPSA) is 70.8 Å². The van der Waals surface area contributed by atoms with Gasteiger partial charge in [-0.1, -0.05) is 17.7 Å². The fourth-order valence-electron chi connectivity index (χ4n) is 1.42. The lowest BCUT2D eigenvalue weighted by atomic mass is 10.3. The molecule has 7 heteroatoms. The average Bonchev–Trinajstić information content (AvgIpc) is 2.39. The monoisotopic (exact) mass is 296 g/mol. The van der Waals surface area contributed by atoms with Gasteiger partial charge in [-0.25, -0.2) is 17.8 Å². The summed E-state index contributed by atoms with van der Waals surface area (Å²) in [6.07, 6.45) is 1.03. The first kappa shape index (κ1) is 13.5. The Labute approximate surface area is 114 Å².